The third-order valence-electron chi connectivity index (χ3n) is 2.73. The maximum atomic E-state index is 11.7. The number of nitrogens with one attached hydrogen (secondary N) is 1. The quantitative estimate of drug-likeness (QED) is 0.815. The van der Waals surface area contributed by atoms with E-state index in [-0.39, 0.29) is 11.3 Å². The van der Waals surface area contributed by atoms with Gasteiger partial charge in [-0.15, -0.1) is 0 Å². The van der Waals surface area contributed by atoms with Crippen molar-refractivity contribution in [3.8, 4) is 0 Å². The molecule has 0 aromatic carbocycles. The SMILES string of the molecule is CCC(C)(C)CNC(=O)c1ccc(N)nc1. The van der Waals surface area contributed by atoms with Crippen LogP contribution in [0.5, 0.6) is 0 Å². The Morgan fingerprint density at radius 2 is 2.19 bits per heavy atom. The van der Waals surface area contributed by atoms with Gasteiger partial charge in [-0.2, -0.15) is 0 Å². The van der Waals surface area contributed by atoms with E-state index in [0.717, 1.165) is 6.42 Å². The van der Waals surface area contributed by atoms with Crippen LogP contribution in [-0.2, 0) is 0 Å². The van der Waals surface area contributed by atoms with E-state index >= 15 is 0 Å². The van der Waals surface area contributed by atoms with Crippen molar-refractivity contribution < 1.29 is 4.79 Å². The molecule has 1 rings (SSSR count). The lowest BCUT2D eigenvalue weighted by Crippen LogP contribution is -2.33. The van der Waals surface area contributed by atoms with Crippen molar-refractivity contribution in [2.75, 3.05) is 12.3 Å². The van der Waals surface area contributed by atoms with Gasteiger partial charge in [0.2, 0.25) is 0 Å². The molecule has 0 radical (unpaired) electrons. The van der Waals surface area contributed by atoms with Crippen molar-refractivity contribution >= 4 is 11.7 Å². The summed E-state index contributed by atoms with van der Waals surface area (Å²) in [5.74, 6) is 0.319. The van der Waals surface area contributed by atoms with Gasteiger partial charge in [-0.05, 0) is 24.0 Å². The number of pyridine rings is 1. The first kappa shape index (κ1) is 12.5. The molecular formula is C12H19N3O. The molecule has 0 bridgehead atoms. The Morgan fingerprint density at radius 3 is 2.69 bits per heavy atom. The van der Waals surface area contributed by atoms with E-state index in [1.54, 1.807) is 12.1 Å². The number of nitrogens with zero attached hydrogens (tertiary/aromatic N) is 1. The van der Waals surface area contributed by atoms with E-state index in [2.05, 4.69) is 31.1 Å². The van der Waals surface area contributed by atoms with Crippen LogP contribution in [0.1, 0.15) is 37.6 Å². The number of hydrogen-bond acceptors (Lipinski definition) is 3. The van der Waals surface area contributed by atoms with Crippen molar-refractivity contribution in [1.82, 2.24) is 10.3 Å². The van der Waals surface area contributed by atoms with Crippen molar-refractivity contribution in [1.29, 1.82) is 0 Å². The lowest BCUT2D eigenvalue weighted by Gasteiger charge is -2.22. The summed E-state index contributed by atoms with van der Waals surface area (Å²) in [6.07, 6.45) is 2.51. The van der Waals surface area contributed by atoms with E-state index in [1.807, 2.05) is 0 Å². The number of amides is 1. The lowest BCUT2D eigenvalue weighted by molar-refractivity contribution is 0.0935. The fourth-order valence-electron chi connectivity index (χ4n) is 1.09. The van der Waals surface area contributed by atoms with Crippen LogP contribution in [0.15, 0.2) is 18.3 Å². The van der Waals surface area contributed by atoms with Crippen LogP contribution >= 0.6 is 0 Å². The highest BCUT2D eigenvalue weighted by Gasteiger charge is 2.16. The van der Waals surface area contributed by atoms with E-state index in [9.17, 15) is 4.79 Å². The first-order valence-electron chi connectivity index (χ1n) is 5.44. The van der Waals surface area contributed by atoms with Crippen molar-refractivity contribution in [3.05, 3.63) is 23.9 Å². The van der Waals surface area contributed by atoms with Gasteiger partial charge >= 0.3 is 0 Å². The van der Waals surface area contributed by atoms with Crippen LogP contribution < -0.4 is 11.1 Å². The van der Waals surface area contributed by atoms with Gasteiger partial charge in [0, 0.05) is 12.7 Å². The molecule has 0 aliphatic heterocycles. The summed E-state index contributed by atoms with van der Waals surface area (Å²) in [5, 5.41) is 2.89. The standard InChI is InChI=1S/C12H19N3O/c1-4-12(2,3)8-15-11(16)9-5-6-10(13)14-7-9/h5-7H,4,8H2,1-3H3,(H2,13,14)(H,15,16). The molecule has 4 heteroatoms. The van der Waals surface area contributed by atoms with E-state index < -0.39 is 0 Å². The van der Waals surface area contributed by atoms with Gasteiger partial charge in [-0.1, -0.05) is 20.8 Å². The molecule has 0 aliphatic rings. The molecule has 0 saturated heterocycles. The molecule has 0 atom stereocenters. The minimum Gasteiger partial charge on any atom is -0.384 e. The Labute approximate surface area is 96.3 Å². The van der Waals surface area contributed by atoms with Crippen LogP contribution in [0.25, 0.3) is 0 Å². The second kappa shape index (κ2) is 4.96. The number of nitrogen functional groups attached to an aromatic ring is 1. The number of nitrogens with two attached hydrogens (primary N) is 1. The molecular weight excluding hydrogens is 202 g/mol. The summed E-state index contributed by atoms with van der Waals surface area (Å²) < 4.78 is 0. The zero-order valence-electron chi connectivity index (χ0n) is 10.1. The molecule has 1 amide bonds. The number of carbonyl (C=O) groups excluding carboxylic acids is 1. The van der Waals surface area contributed by atoms with Crippen LogP contribution in [0, 0.1) is 5.41 Å². The lowest BCUT2D eigenvalue weighted by atomic mass is 9.90. The van der Waals surface area contributed by atoms with Crippen molar-refractivity contribution in [3.63, 3.8) is 0 Å². The molecule has 0 spiro atoms. The Balaban J connectivity index is 2.56. The topological polar surface area (TPSA) is 68.0 Å². The Hall–Kier alpha value is -1.58. The Bertz CT molecular complexity index is 357. The zero-order chi connectivity index (χ0) is 12.2. The van der Waals surface area contributed by atoms with E-state index in [4.69, 9.17) is 5.73 Å². The first-order valence-corrected chi connectivity index (χ1v) is 5.44. The summed E-state index contributed by atoms with van der Waals surface area (Å²) in [4.78, 5) is 15.6. The van der Waals surface area contributed by atoms with Crippen LogP contribution in [0.3, 0.4) is 0 Å². The molecule has 0 saturated carbocycles. The highest BCUT2D eigenvalue weighted by Crippen LogP contribution is 2.17. The Morgan fingerprint density at radius 1 is 1.50 bits per heavy atom. The summed E-state index contributed by atoms with van der Waals surface area (Å²) >= 11 is 0. The molecule has 88 valence electrons. The second-order valence-corrected chi connectivity index (χ2v) is 4.67. The monoisotopic (exact) mass is 221 g/mol. The van der Waals surface area contributed by atoms with Gasteiger partial charge in [-0.3, -0.25) is 4.79 Å². The summed E-state index contributed by atoms with van der Waals surface area (Å²) in [7, 11) is 0. The van der Waals surface area contributed by atoms with E-state index in [1.165, 1.54) is 6.20 Å². The normalized spacial score (nSPS) is 11.2. The number of carbonyl (C=O) groups is 1. The summed E-state index contributed by atoms with van der Waals surface area (Å²) in [6, 6.07) is 3.30. The number of hydrogen-bond donors (Lipinski definition) is 2. The van der Waals surface area contributed by atoms with Crippen LogP contribution in [0.2, 0.25) is 0 Å². The van der Waals surface area contributed by atoms with Gasteiger partial charge in [0.15, 0.2) is 0 Å². The number of anilines is 1. The second-order valence-electron chi connectivity index (χ2n) is 4.67. The molecule has 3 N–H and O–H groups in total. The first-order chi connectivity index (χ1) is 7.44. The van der Waals surface area contributed by atoms with Gasteiger partial charge in [0.1, 0.15) is 5.82 Å². The predicted octanol–water partition coefficient (Wildman–Crippen LogP) is 1.83. The molecule has 0 unspecified atom stereocenters. The zero-order valence-corrected chi connectivity index (χ0v) is 10.1. The predicted molar refractivity (Wildman–Crippen MR) is 65.1 cm³/mol. The van der Waals surface area contributed by atoms with Gasteiger partial charge in [0.05, 0.1) is 5.56 Å². The number of aromatic nitrogens is 1. The molecule has 1 aromatic rings. The van der Waals surface area contributed by atoms with Crippen molar-refractivity contribution in [2.24, 2.45) is 5.41 Å². The van der Waals surface area contributed by atoms with Gasteiger partial charge in [-0.25, -0.2) is 4.98 Å². The fourth-order valence-corrected chi connectivity index (χ4v) is 1.09. The van der Waals surface area contributed by atoms with Crippen LogP contribution in [0.4, 0.5) is 5.82 Å². The molecule has 1 heterocycles. The average Bonchev–Trinajstić information content (AvgIpc) is 2.27. The smallest absolute Gasteiger partial charge is 0.252 e. The summed E-state index contributed by atoms with van der Waals surface area (Å²) in [5.41, 5.74) is 6.11. The highest BCUT2D eigenvalue weighted by atomic mass is 16.1. The largest absolute Gasteiger partial charge is 0.384 e. The molecule has 0 fully saturated rings. The van der Waals surface area contributed by atoms with Crippen LogP contribution in [-0.4, -0.2) is 17.4 Å². The molecule has 16 heavy (non-hydrogen) atoms. The minimum atomic E-state index is -0.103. The number of rotatable bonds is 4. The highest BCUT2D eigenvalue weighted by molar-refractivity contribution is 5.94. The van der Waals surface area contributed by atoms with Crippen molar-refractivity contribution in [2.45, 2.75) is 27.2 Å². The maximum absolute atomic E-state index is 11.7. The minimum absolute atomic E-state index is 0.103. The third kappa shape index (κ3) is 3.53. The van der Waals surface area contributed by atoms with Gasteiger partial charge in [0.25, 0.3) is 5.91 Å². The molecule has 1 aromatic heterocycles. The average molecular weight is 221 g/mol. The molecule has 4 nitrogen and oxygen atoms in total. The summed E-state index contributed by atoms with van der Waals surface area (Å²) in [6.45, 7) is 7.01. The molecule has 0 aliphatic carbocycles. The van der Waals surface area contributed by atoms with E-state index in [0.29, 0.717) is 17.9 Å². The van der Waals surface area contributed by atoms with Gasteiger partial charge < -0.3 is 11.1 Å². The third-order valence-corrected chi connectivity index (χ3v) is 2.73. The maximum Gasteiger partial charge on any atom is 0.252 e. The fraction of sp³-hybridized carbons (Fsp3) is 0.500. The Kier molecular flexibility index (Phi) is 3.88.